The van der Waals surface area contributed by atoms with Crippen molar-refractivity contribution >= 4 is 40.5 Å². The largest absolute Gasteiger partial charge is 0.497 e. The summed E-state index contributed by atoms with van der Waals surface area (Å²) in [6.45, 7) is 4.82. The molecule has 18 heteroatoms. The van der Waals surface area contributed by atoms with Crippen molar-refractivity contribution in [2.45, 2.75) is 45.1 Å². The summed E-state index contributed by atoms with van der Waals surface area (Å²) in [7, 11) is 1.59. The number of pyridine rings is 2. The van der Waals surface area contributed by atoms with Crippen LogP contribution in [0.1, 0.15) is 29.9 Å². The highest BCUT2D eigenvalue weighted by molar-refractivity contribution is 6.04. The lowest BCUT2D eigenvalue weighted by Crippen LogP contribution is -2.52. The molecule has 54 heavy (non-hydrogen) atoms. The van der Waals surface area contributed by atoms with Crippen LogP contribution in [0.3, 0.4) is 0 Å². The van der Waals surface area contributed by atoms with Gasteiger partial charge < -0.3 is 46.1 Å². The number of ether oxygens (including phenoxy) is 2. The van der Waals surface area contributed by atoms with Crippen LogP contribution in [0.15, 0.2) is 83.9 Å². The van der Waals surface area contributed by atoms with Gasteiger partial charge in [-0.05, 0) is 56.3 Å². The average molecular weight is 747 g/mol. The fraction of sp³-hybridized carbons (Fsp3) is 0.250. The van der Waals surface area contributed by atoms with Crippen molar-refractivity contribution in [3.05, 3.63) is 101 Å². The summed E-state index contributed by atoms with van der Waals surface area (Å²) in [4.78, 5) is 67.2. The highest BCUT2D eigenvalue weighted by atomic mass is 16.5. The minimum atomic E-state index is -2.27. The first kappa shape index (κ1) is 40.1. The normalized spacial score (nSPS) is 13.7. The monoisotopic (exact) mass is 746 g/mol. The number of aromatic nitrogens is 4. The van der Waals surface area contributed by atoms with Gasteiger partial charge in [0.25, 0.3) is 11.5 Å². The third kappa shape index (κ3) is 8.87. The summed E-state index contributed by atoms with van der Waals surface area (Å²) in [6.07, 6.45) is -1.44. The molecule has 0 aliphatic heterocycles. The number of benzene rings is 2. The third-order valence-corrected chi connectivity index (χ3v) is 8.48. The number of hydrogen-bond donors (Lipinski definition) is 7. The number of carbonyl (C=O) groups excluding carboxylic acids is 1. The fourth-order valence-electron chi connectivity index (χ4n) is 5.02. The van der Waals surface area contributed by atoms with Gasteiger partial charge in [0.05, 0.1) is 30.2 Å². The number of nitrogens with zero attached hydrogens (tertiary/aromatic N) is 4. The molecule has 18 nitrogen and oxygen atoms in total. The first-order chi connectivity index (χ1) is 25.5. The van der Waals surface area contributed by atoms with Gasteiger partial charge in [-0.3, -0.25) is 24.0 Å². The number of fused-ring (bicyclic) bond motifs is 1. The molecular weight excluding hydrogens is 708 g/mol. The van der Waals surface area contributed by atoms with Gasteiger partial charge >= 0.3 is 17.9 Å². The maximum atomic E-state index is 13.7. The van der Waals surface area contributed by atoms with Crippen LogP contribution < -0.4 is 26.1 Å². The summed E-state index contributed by atoms with van der Waals surface area (Å²) in [5.74, 6) is -4.08. The predicted molar refractivity (Wildman–Crippen MR) is 192 cm³/mol. The first-order valence-corrected chi connectivity index (χ1v) is 16.1. The van der Waals surface area contributed by atoms with E-state index in [1.165, 1.54) is 17.8 Å². The van der Waals surface area contributed by atoms with Crippen LogP contribution in [0.5, 0.6) is 17.2 Å². The minimum Gasteiger partial charge on any atom is -0.497 e. The molecule has 0 aliphatic rings. The Morgan fingerprint density at radius 1 is 0.926 bits per heavy atom. The van der Waals surface area contributed by atoms with E-state index in [-0.39, 0.29) is 17.9 Å². The smallest absolute Gasteiger partial charge is 0.335 e. The molecule has 0 aliphatic carbocycles. The Morgan fingerprint density at radius 2 is 1.56 bits per heavy atom. The molecule has 4 atom stereocenters. The Bertz CT molecular complexity index is 2200. The molecule has 0 saturated heterocycles. The van der Waals surface area contributed by atoms with Gasteiger partial charge in [0.1, 0.15) is 34.2 Å². The standard InChI is InChI=1S/C32H32N6O6.C4H6O6/c1-19(32(3,33)31(41)42)18-37-20(2)28(30(40)38(37)21-8-6-5-7-9-21)29(39)36-27-13-11-23(17-35-27)44-26-14-15-34-25-16-22(43-4)10-12-24(25)26;5-1(3(7)8)2(6)4(9)10/h5-17,19H,18,33H2,1-4H3,(H,41,42)(H,35,36,39);1-2,5-6H,(H,7,8)(H,9,10)/t19-,32+;/m1./s1. The SMILES string of the molecule is COc1ccc2c(Oc3ccc(NC(=O)c4c(C)n(C[C@@H](C)[C@](C)(N)C(=O)O)n(-c5ccccc5)c4=O)nc3)ccnc2c1.O=C(O)C(O)C(O)C(=O)O. The van der Waals surface area contributed by atoms with E-state index in [0.29, 0.717) is 34.1 Å². The quantitative estimate of drug-likeness (QED) is 0.0910. The van der Waals surface area contributed by atoms with Crippen molar-refractivity contribution < 1.29 is 54.2 Å². The second kappa shape index (κ2) is 16.8. The lowest BCUT2D eigenvalue weighted by Gasteiger charge is -2.28. The third-order valence-electron chi connectivity index (χ3n) is 8.48. The molecule has 3 heterocycles. The Hall–Kier alpha value is -6.63. The van der Waals surface area contributed by atoms with Crippen LogP contribution in [0.2, 0.25) is 0 Å². The molecule has 0 spiro atoms. The van der Waals surface area contributed by atoms with E-state index >= 15 is 0 Å². The number of para-hydroxylation sites is 1. The van der Waals surface area contributed by atoms with Crippen molar-refractivity contribution in [3.63, 3.8) is 0 Å². The van der Waals surface area contributed by atoms with Crippen LogP contribution >= 0.6 is 0 Å². The molecular formula is C36H38N6O12. The van der Waals surface area contributed by atoms with E-state index < -0.39 is 53.0 Å². The number of amides is 1. The average Bonchev–Trinajstić information content (AvgIpc) is 3.39. The zero-order chi connectivity index (χ0) is 39.9. The van der Waals surface area contributed by atoms with Crippen molar-refractivity contribution in [2.24, 2.45) is 11.7 Å². The van der Waals surface area contributed by atoms with E-state index in [0.717, 1.165) is 5.39 Å². The number of rotatable bonds is 13. The summed E-state index contributed by atoms with van der Waals surface area (Å²) < 4.78 is 14.2. The zero-order valence-corrected chi connectivity index (χ0v) is 29.4. The maximum Gasteiger partial charge on any atom is 0.335 e. The lowest BCUT2D eigenvalue weighted by molar-refractivity contribution is -0.165. The molecule has 3 aromatic heterocycles. The molecule has 5 rings (SSSR count). The molecule has 0 fully saturated rings. The van der Waals surface area contributed by atoms with E-state index in [1.54, 1.807) is 80.4 Å². The molecule has 8 N–H and O–H groups in total. The highest BCUT2D eigenvalue weighted by Crippen LogP contribution is 2.31. The molecule has 0 bridgehead atoms. The summed E-state index contributed by atoms with van der Waals surface area (Å²) >= 11 is 0. The van der Waals surface area contributed by atoms with Gasteiger partial charge in [0, 0.05) is 30.1 Å². The van der Waals surface area contributed by atoms with Crippen LogP contribution in [0.25, 0.3) is 16.6 Å². The Balaban J connectivity index is 0.000000571. The summed E-state index contributed by atoms with van der Waals surface area (Å²) in [5.41, 5.74) is 5.43. The minimum absolute atomic E-state index is 0.0727. The number of aliphatic carboxylic acids is 3. The number of carbonyl (C=O) groups is 4. The van der Waals surface area contributed by atoms with Crippen molar-refractivity contribution in [1.29, 1.82) is 0 Å². The van der Waals surface area contributed by atoms with E-state index in [4.69, 9.17) is 35.6 Å². The second-order valence-corrected chi connectivity index (χ2v) is 12.2. The molecule has 0 radical (unpaired) electrons. The topological polar surface area (TPSA) is 279 Å². The maximum absolute atomic E-state index is 13.7. The summed E-state index contributed by atoms with van der Waals surface area (Å²) in [5, 5.41) is 45.6. The van der Waals surface area contributed by atoms with E-state index in [9.17, 15) is 29.1 Å². The van der Waals surface area contributed by atoms with Crippen molar-refractivity contribution in [2.75, 3.05) is 12.4 Å². The van der Waals surface area contributed by atoms with Gasteiger partial charge in [0.15, 0.2) is 12.2 Å². The molecule has 0 saturated carbocycles. The van der Waals surface area contributed by atoms with Gasteiger partial charge in [-0.2, -0.15) is 0 Å². The molecule has 2 unspecified atom stereocenters. The molecule has 284 valence electrons. The van der Waals surface area contributed by atoms with Gasteiger partial charge in [-0.1, -0.05) is 25.1 Å². The van der Waals surface area contributed by atoms with Crippen LogP contribution in [0, 0.1) is 12.8 Å². The number of carboxylic acids is 3. The number of nitrogens with two attached hydrogens (primary N) is 1. The zero-order valence-electron chi connectivity index (χ0n) is 29.4. The first-order valence-electron chi connectivity index (χ1n) is 16.1. The second-order valence-electron chi connectivity index (χ2n) is 12.2. The van der Waals surface area contributed by atoms with Gasteiger partial charge in [-0.25, -0.2) is 19.3 Å². The number of aliphatic hydroxyl groups is 2. The van der Waals surface area contributed by atoms with Crippen LogP contribution in [-0.4, -0.2) is 93.5 Å². The van der Waals surface area contributed by atoms with Gasteiger partial charge in [0.2, 0.25) is 0 Å². The number of aliphatic hydroxyl groups excluding tert-OH is 2. The van der Waals surface area contributed by atoms with Crippen molar-refractivity contribution in [3.8, 4) is 22.9 Å². The van der Waals surface area contributed by atoms with Crippen LogP contribution in [0.4, 0.5) is 5.82 Å². The molecule has 2 aromatic carbocycles. The van der Waals surface area contributed by atoms with Crippen LogP contribution in [-0.2, 0) is 20.9 Å². The van der Waals surface area contributed by atoms with E-state index in [2.05, 4.69) is 15.3 Å². The predicted octanol–water partition coefficient (Wildman–Crippen LogP) is 2.26. The number of anilines is 1. The Kier molecular flexibility index (Phi) is 12.5. The number of methoxy groups -OCH3 is 1. The Labute approximate surface area is 306 Å². The van der Waals surface area contributed by atoms with E-state index in [1.807, 2.05) is 18.2 Å². The Morgan fingerprint density at radius 3 is 2.11 bits per heavy atom. The fourth-order valence-corrected chi connectivity index (χ4v) is 5.02. The molecule has 1 amide bonds. The van der Waals surface area contributed by atoms with Gasteiger partial charge in [-0.15, -0.1) is 0 Å². The lowest BCUT2D eigenvalue weighted by atomic mass is 9.88. The number of hydrogen-bond acceptors (Lipinski definition) is 12. The van der Waals surface area contributed by atoms with Crippen molar-refractivity contribution in [1.82, 2.24) is 19.3 Å². The number of carboxylic acid groups (broad SMARTS) is 3. The number of nitrogens with one attached hydrogen (secondary N) is 1. The highest BCUT2D eigenvalue weighted by Gasteiger charge is 2.36. The summed E-state index contributed by atoms with van der Waals surface area (Å²) in [6, 6.07) is 19.2. The molecule has 5 aromatic rings.